The lowest BCUT2D eigenvalue weighted by molar-refractivity contribution is -0.387. The zero-order valence-electron chi connectivity index (χ0n) is 16.4. The van der Waals surface area contributed by atoms with E-state index in [-0.39, 0.29) is 24.0 Å². The molecule has 0 aliphatic carbocycles. The van der Waals surface area contributed by atoms with Crippen molar-refractivity contribution in [2.45, 2.75) is 31.1 Å². The van der Waals surface area contributed by atoms with Crippen LogP contribution in [0.25, 0.3) is 0 Å². The first kappa shape index (κ1) is 22.4. The smallest absolute Gasteiger partial charge is 0.316 e. The Morgan fingerprint density at radius 2 is 1.83 bits per heavy atom. The van der Waals surface area contributed by atoms with Gasteiger partial charge in [-0.25, -0.2) is 0 Å². The summed E-state index contributed by atoms with van der Waals surface area (Å²) in [5.41, 5.74) is 2.32. The van der Waals surface area contributed by atoms with Gasteiger partial charge in [-0.2, -0.15) is 0 Å². The summed E-state index contributed by atoms with van der Waals surface area (Å²) >= 11 is 1.01. The van der Waals surface area contributed by atoms with Gasteiger partial charge in [-0.05, 0) is 29.5 Å². The Morgan fingerprint density at radius 3 is 2.48 bits per heavy atom. The fourth-order valence-corrected chi connectivity index (χ4v) is 3.34. The molecule has 0 heterocycles. The van der Waals surface area contributed by atoms with Crippen LogP contribution < -0.4 is 5.32 Å². The first-order valence-corrected chi connectivity index (χ1v) is 10.2. The Morgan fingerprint density at radius 1 is 1.14 bits per heavy atom. The molecule has 0 spiro atoms. The van der Waals surface area contributed by atoms with Gasteiger partial charge in [0.1, 0.15) is 0 Å². The van der Waals surface area contributed by atoms with Crippen LogP contribution in [0.3, 0.4) is 0 Å². The molecule has 29 heavy (non-hydrogen) atoms. The standard InChI is InChI=1S/C21H24N2O5S/c1-15(2)17-9-7-16(8-10-17)11-12-22-20(24)13-28-21(25)14-29-19-6-4-3-5-18(19)23(26)27/h3-10,15H,11-14H2,1-2H3,(H,22,24). The van der Waals surface area contributed by atoms with E-state index >= 15 is 0 Å². The number of carbonyl (C=O) groups is 2. The normalized spacial score (nSPS) is 10.6. The molecule has 0 fully saturated rings. The van der Waals surface area contributed by atoms with Crippen LogP contribution in [0.4, 0.5) is 5.69 Å². The lowest BCUT2D eigenvalue weighted by Gasteiger charge is -2.08. The number of rotatable bonds is 10. The van der Waals surface area contributed by atoms with E-state index < -0.39 is 10.9 Å². The van der Waals surface area contributed by atoms with Crippen molar-refractivity contribution >= 4 is 29.3 Å². The number of hydrogen-bond acceptors (Lipinski definition) is 6. The molecule has 0 aromatic heterocycles. The van der Waals surface area contributed by atoms with E-state index in [0.29, 0.717) is 23.8 Å². The predicted octanol–water partition coefficient (Wildman–Crippen LogP) is 3.71. The number of amides is 1. The zero-order valence-corrected chi connectivity index (χ0v) is 17.2. The van der Waals surface area contributed by atoms with Crippen LogP contribution in [0.15, 0.2) is 53.4 Å². The molecule has 2 aromatic rings. The van der Waals surface area contributed by atoms with Gasteiger partial charge >= 0.3 is 5.97 Å². The molecule has 8 heteroatoms. The molecule has 7 nitrogen and oxygen atoms in total. The summed E-state index contributed by atoms with van der Waals surface area (Å²) in [4.78, 5) is 34.4. The summed E-state index contributed by atoms with van der Waals surface area (Å²) in [5, 5.41) is 13.7. The summed E-state index contributed by atoms with van der Waals surface area (Å²) in [6.45, 7) is 4.34. The van der Waals surface area contributed by atoms with Crippen molar-refractivity contribution in [1.82, 2.24) is 5.32 Å². The lowest BCUT2D eigenvalue weighted by atomic mass is 10.0. The SMILES string of the molecule is CC(C)c1ccc(CCNC(=O)COC(=O)CSc2ccccc2[N+](=O)[O-])cc1. The summed E-state index contributed by atoms with van der Waals surface area (Å²) < 4.78 is 4.93. The van der Waals surface area contributed by atoms with Crippen LogP contribution in [-0.2, 0) is 20.7 Å². The van der Waals surface area contributed by atoms with Crippen molar-refractivity contribution in [3.05, 3.63) is 69.8 Å². The molecular weight excluding hydrogens is 392 g/mol. The molecule has 0 unspecified atom stereocenters. The molecule has 0 radical (unpaired) electrons. The van der Waals surface area contributed by atoms with E-state index in [0.717, 1.165) is 17.3 Å². The van der Waals surface area contributed by atoms with Gasteiger partial charge in [0.05, 0.1) is 15.6 Å². The van der Waals surface area contributed by atoms with Crippen LogP contribution in [0, 0.1) is 10.1 Å². The van der Waals surface area contributed by atoms with Gasteiger partial charge in [-0.15, -0.1) is 11.8 Å². The third-order valence-electron chi connectivity index (χ3n) is 4.15. The first-order chi connectivity index (χ1) is 13.9. The second-order valence-electron chi connectivity index (χ2n) is 6.67. The van der Waals surface area contributed by atoms with Gasteiger partial charge in [-0.1, -0.05) is 50.2 Å². The molecule has 0 aliphatic heterocycles. The van der Waals surface area contributed by atoms with Crippen LogP contribution >= 0.6 is 11.8 Å². The van der Waals surface area contributed by atoms with E-state index in [9.17, 15) is 19.7 Å². The predicted molar refractivity (Wildman–Crippen MR) is 112 cm³/mol. The fourth-order valence-electron chi connectivity index (χ4n) is 2.52. The Kier molecular flexibility index (Phi) is 8.67. The minimum absolute atomic E-state index is 0.0653. The minimum Gasteiger partial charge on any atom is -0.455 e. The summed E-state index contributed by atoms with van der Waals surface area (Å²) in [5.74, 6) is -0.620. The molecule has 0 aliphatic rings. The van der Waals surface area contributed by atoms with Crippen molar-refractivity contribution in [3.8, 4) is 0 Å². The lowest BCUT2D eigenvalue weighted by Crippen LogP contribution is -2.30. The summed E-state index contributed by atoms with van der Waals surface area (Å²) in [6.07, 6.45) is 0.686. The highest BCUT2D eigenvalue weighted by Gasteiger charge is 2.15. The third kappa shape index (κ3) is 7.57. The maximum atomic E-state index is 11.8. The van der Waals surface area contributed by atoms with E-state index in [1.165, 1.54) is 11.6 Å². The van der Waals surface area contributed by atoms with E-state index in [1.807, 2.05) is 12.1 Å². The Balaban J connectivity index is 1.67. The highest BCUT2D eigenvalue weighted by atomic mass is 32.2. The first-order valence-electron chi connectivity index (χ1n) is 9.24. The van der Waals surface area contributed by atoms with Gasteiger partial charge in [-0.3, -0.25) is 19.7 Å². The number of para-hydroxylation sites is 1. The average Bonchev–Trinajstić information content (AvgIpc) is 2.71. The van der Waals surface area contributed by atoms with Crippen LogP contribution in [0.1, 0.15) is 30.9 Å². The number of benzene rings is 2. The zero-order chi connectivity index (χ0) is 21.2. The number of ether oxygens (including phenoxy) is 1. The van der Waals surface area contributed by atoms with Crippen molar-refractivity contribution in [2.75, 3.05) is 18.9 Å². The Labute approximate surface area is 174 Å². The van der Waals surface area contributed by atoms with Crippen molar-refractivity contribution < 1.29 is 19.2 Å². The van der Waals surface area contributed by atoms with Gasteiger partial charge in [0.2, 0.25) is 0 Å². The minimum atomic E-state index is -0.604. The van der Waals surface area contributed by atoms with Gasteiger partial charge in [0, 0.05) is 12.6 Å². The molecule has 0 atom stereocenters. The largest absolute Gasteiger partial charge is 0.455 e. The number of carbonyl (C=O) groups excluding carboxylic acids is 2. The maximum Gasteiger partial charge on any atom is 0.316 e. The van der Waals surface area contributed by atoms with Gasteiger partial charge in [0.15, 0.2) is 6.61 Å². The van der Waals surface area contributed by atoms with Crippen LogP contribution in [0.5, 0.6) is 0 Å². The molecule has 2 aromatic carbocycles. The number of thioether (sulfide) groups is 1. The monoisotopic (exact) mass is 416 g/mol. The van der Waals surface area contributed by atoms with Gasteiger partial charge in [0.25, 0.3) is 11.6 Å². The second kappa shape index (κ2) is 11.2. The fraction of sp³-hybridized carbons (Fsp3) is 0.333. The molecule has 1 N–H and O–H groups in total. The van der Waals surface area contributed by atoms with E-state index in [4.69, 9.17) is 4.74 Å². The van der Waals surface area contributed by atoms with Crippen molar-refractivity contribution in [1.29, 1.82) is 0 Å². The van der Waals surface area contributed by atoms with Crippen LogP contribution in [0.2, 0.25) is 0 Å². The molecule has 0 saturated heterocycles. The highest BCUT2D eigenvalue weighted by Crippen LogP contribution is 2.28. The number of hydrogen-bond donors (Lipinski definition) is 1. The van der Waals surface area contributed by atoms with E-state index in [1.54, 1.807) is 18.2 Å². The molecule has 154 valence electrons. The number of nitrogens with zero attached hydrogens (tertiary/aromatic N) is 1. The Bertz CT molecular complexity index is 852. The average molecular weight is 416 g/mol. The summed E-state index contributed by atoms with van der Waals surface area (Å²) in [7, 11) is 0. The van der Waals surface area contributed by atoms with Crippen LogP contribution in [-0.4, -0.2) is 35.7 Å². The topological polar surface area (TPSA) is 98.5 Å². The molecule has 1 amide bonds. The quantitative estimate of drug-likeness (QED) is 0.274. The maximum absolute atomic E-state index is 11.8. The third-order valence-corrected chi connectivity index (χ3v) is 5.19. The molecular formula is C21H24N2O5S. The van der Waals surface area contributed by atoms with Gasteiger partial charge < -0.3 is 10.1 Å². The molecule has 0 saturated carbocycles. The van der Waals surface area contributed by atoms with E-state index in [2.05, 4.69) is 31.3 Å². The number of nitrogens with one attached hydrogen (secondary N) is 1. The molecule has 2 rings (SSSR count). The summed E-state index contributed by atoms with van der Waals surface area (Å²) in [6, 6.07) is 14.4. The molecule has 0 bridgehead atoms. The number of esters is 1. The number of nitro groups is 1. The van der Waals surface area contributed by atoms with Crippen molar-refractivity contribution in [2.24, 2.45) is 0 Å². The highest BCUT2D eigenvalue weighted by molar-refractivity contribution is 8.00. The second-order valence-corrected chi connectivity index (χ2v) is 7.69. The Hall–Kier alpha value is -2.87. The number of nitro benzene ring substituents is 1. The van der Waals surface area contributed by atoms with Crippen molar-refractivity contribution in [3.63, 3.8) is 0 Å².